The predicted molar refractivity (Wildman–Crippen MR) is 92.0 cm³/mol. The Balaban J connectivity index is 2.03. The van der Waals surface area contributed by atoms with Crippen LogP contribution in [0.3, 0.4) is 0 Å². The van der Waals surface area contributed by atoms with Gasteiger partial charge in [-0.1, -0.05) is 18.2 Å². The van der Waals surface area contributed by atoms with Gasteiger partial charge in [-0.2, -0.15) is 0 Å². The van der Waals surface area contributed by atoms with Gasteiger partial charge in [0.05, 0.1) is 24.1 Å². The van der Waals surface area contributed by atoms with Gasteiger partial charge in [-0.25, -0.2) is 0 Å². The molecule has 0 heterocycles. The molecule has 23 heavy (non-hydrogen) atoms. The van der Waals surface area contributed by atoms with Crippen LogP contribution in [0.25, 0.3) is 0 Å². The highest BCUT2D eigenvalue weighted by molar-refractivity contribution is 8.00. The number of hydrogen-bond acceptors (Lipinski definition) is 4. The summed E-state index contributed by atoms with van der Waals surface area (Å²) in [6, 6.07) is 12.7. The molecule has 2 rings (SSSR count). The van der Waals surface area contributed by atoms with E-state index in [4.69, 9.17) is 10.5 Å². The lowest BCUT2D eigenvalue weighted by molar-refractivity contribution is -0.113. The number of nitrogens with two attached hydrogens (primary N) is 1. The minimum Gasteiger partial charge on any atom is -0.497 e. The Bertz CT molecular complexity index is 732. The highest BCUT2D eigenvalue weighted by atomic mass is 32.2. The van der Waals surface area contributed by atoms with Crippen molar-refractivity contribution in [3.05, 3.63) is 53.6 Å². The largest absolute Gasteiger partial charge is 0.497 e. The van der Waals surface area contributed by atoms with Crippen molar-refractivity contribution in [3.63, 3.8) is 0 Å². The first-order chi connectivity index (χ1) is 11.0. The number of amides is 2. The Hall–Kier alpha value is -2.47. The van der Waals surface area contributed by atoms with E-state index in [0.29, 0.717) is 11.3 Å². The first-order valence-corrected chi connectivity index (χ1v) is 7.96. The molecule has 3 N–H and O–H groups in total. The zero-order valence-corrected chi connectivity index (χ0v) is 13.8. The quantitative estimate of drug-likeness (QED) is 0.798. The summed E-state index contributed by atoms with van der Waals surface area (Å²) >= 11 is 1.39. The van der Waals surface area contributed by atoms with Gasteiger partial charge in [-0.05, 0) is 36.8 Å². The molecule has 6 heteroatoms. The first-order valence-electron chi connectivity index (χ1n) is 6.97. The normalized spacial score (nSPS) is 10.2. The van der Waals surface area contributed by atoms with Crippen LogP contribution >= 0.6 is 11.8 Å². The molecule has 0 saturated carbocycles. The van der Waals surface area contributed by atoms with Gasteiger partial charge < -0.3 is 15.8 Å². The van der Waals surface area contributed by atoms with Gasteiger partial charge in [0.1, 0.15) is 5.75 Å². The number of ether oxygens (including phenoxy) is 1. The SMILES string of the molecule is COc1cccc(SCC(=O)Nc2cccc(C)c2C(N)=O)c1. The third-order valence-electron chi connectivity index (χ3n) is 3.20. The van der Waals surface area contributed by atoms with Gasteiger partial charge in [-0.3, -0.25) is 9.59 Å². The lowest BCUT2D eigenvalue weighted by Crippen LogP contribution is -2.20. The number of benzene rings is 2. The number of rotatable bonds is 6. The van der Waals surface area contributed by atoms with Gasteiger partial charge in [0.15, 0.2) is 0 Å². The highest BCUT2D eigenvalue weighted by Crippen LogP contribution is 2.24. The second kappa shape index (κ2) is 7.69. The third-order valence-corrected chi connectivity index (χ3v) is 4.20. The van der Waals surface area contributed by atoms with E-state index in [0.717, 1.165) is 16.2 Å². The lowest BCUT2D eigenvalue weighted by atomic mass is 10.1. The van der Waals surface area contributed by atoms with Crippen molar-refractivity contribution < 1.29 is 14.3 Å². The number of carbonyl (C=O) groups is 2. The van der Waals surface area contributed by atoms with Crippen molar-refractivity contribution in [2.45, 2.75) is 11.8 Å². The molecule has 0 aromatic heterocycles. The molecule has 0 aliphatic rings. The molecule has 2 amide bonds. The van der Waals surface area contributed by atoms with Crippen LogP contribution in [0.15, 0.2) is 47.4 Å². The molecular weight excluding hydrogens is 312 g/mol. The van der Waals surface area contributed by atoms with Crippen LogP contribution in [0, 0.1) is 6.92 Å². The summed E-state index contributed by atoms with van der Waals surface area (Å²) < 4.78 is 5.15. The predicted octanol–water partition coefficient (Wildman–Crippen LogP) is 2.83. The van der Waals surface area contributed by atoms with Crippen LogP contribution in [0.4, 0.5) is 5.69 Å². The molecule has 2 aromatic carbocycles. The number of methoxy groups -OCH3 is 1. The topological polar surface area (TPSA) is 81.4 Å². The number of anilines is 1. The lowest BCUT2D eigenvalue weighted by Gasteiger charge is -2.11. The number of carbonyl (C=O) groups excluding carboxylic acids is 2. The molecule has 0 radical (unpaired) electrons. The summed E-state index contributed by atoms with van der Waals surface area (Å²) in [5, 5.41) is 2.74. The molecule has 0 unspecified atom stereocenters. The summed E-state index contributed by atoms with van der Waals surface area (Å²) in [5.41, 5.74) is 6.89. The monoisotopic (exact) mass is 330 g/mol. The Morgan fingerprint density at radius 2 is 1.96 bits per heavy atom. The Morgan fingerprint density at radius 3 is 2.65 bits per heavy atom. The van der Waals surface area contributed by atoms with Crippen molar-refractivity contribution in [2.24, 2.45) is 5.73 Å². The van der Waals surface area contributed by atoms with E-state index < -0.39 is 5.91 Å². The van der Waals surface area contributed by atoms with Gasteiger partial charge in [-0.15, -0.1) is 11.8 Å². The second-order valence-electron chi connectivity index (χ2n) is 4.88. The molecule has 0 bridgehead atoms. The molecule has 0 spiro atoms. The van der Waals surface area contributed by atoms with Crippen molar-refractivity contribution in [1.82, 2.24) is 0 Å². The fourth-order valence-corrected chi connectivity index (χ4v) is 2.87. The Labute approximate surface area is 139 Å². The van der Waals surface area contributed by atoms with Crippen molar-refractivity contribution >= 4 is 29.3 Å². The van der Waals surface area contributed by atoms with E-state index in [2.05, 4.69) is 5.32 Å². The van der Waals surface area contributed by atoms with Crippen molar-refractivity contribution in [1.29, 1.82) is 0 Å². The van der Waals surface area contributed by atoms with E-state index in [1.165, 1.54) is 11.8 Å². The number of nitrogens with one attached hydrogen (secondary N) is 1. The second-order valence-corrected chi connectivity index (χ2v) is 5.93. The van der Waals surface area contributed by atoms with Crippen LogP contribution < -0.4 is 15.8 Å². The maximum absolute atomic E-state index is 12.1. The standard InChI is InChI=1S/C17H18N2O3S/c1-11-5-3-8-14(16(11)17(18)21)19-15(20)10-23-13-7-4-6-12(9-13)22-2/h3-9H,10H2,1-2H3,(H2,18,21)(H,19,20). The van der Waals surface area contributed by atoms with Crippen LogP contribution in [-0.2, 0) is 4.79 Å². The van der Waals surface area contributed by atoms with E-state index in [9.17, 15) is 9.59 Å². The summed E-state index contributed by atoms with van der Waals surface area (Å²) in [4.78, 5) is 24.6. The number of hydrogen-bond donors (Lipinski definition) is 2. The number of primary amides is 1. The van der Waals surface area contributed by atoms with Gasteiger partial charge in [0.25, 0.3) is 5.91 Å². The molecule has 0 fully saturated rings. The zero-order valence-electron chi connectivity index (χ0n) is 13.0. The van der Waals surface area contributed by atoms with Crippen molar-refractivity contribution in [2.75, 3.05) is 18.2 Å². The fourth-order valence-electron chi connectivity index (χ4n) is 2.13. The third kappa shape index (κ3) is 4.50. The molecule has 2 aromatic rings. The molecular formula is C17H18N2O3S. The summed E-state index contributed by atoms with van der Waals surface area (Å²) in [7, 11) is 1.60. The van der Waals surface area contributed by atoms with Crippen molar-refractivity contribution in [3.8, 4) is 5.75 Å². The van der Waals surface area contributed by atoms with Gasteiger partial charge in [0.2, 0.25) is 5.91 Å². The van der Waals surface area contributed by atoms with E-state index >= 15 is 0 Å². The molecule has 5 nitrogen and oxygen atoms in total. The first kappa shape index (κ1) is 16.9. The number of aryl methyl sites for hydroxylation is 1. The maximum Gasteiger partial charge on any atom is 0.251 e. The number of thioether (sulfide) groups is 1. The smallest absolute Gasteiger partial charge is 0.251 e. The molecule has 0 saturated heterocycles. The highest BCUT2D eigenvalue weighted by Gasteiger charge is 2.13. The van der Waals surface area contributed by atoms with E-state index in [-0.39, 0.29) is 11.7 Å². The van der Waals surface area contributed by atoms with Crippen LogP contribution in [-0.4, -0.2) is 24.7 Å². The zero-order chi connectivity index (χ0) is 16.8. The summed E-state index contributed by atoms with van der Waals surface area (Å²) in [6.45, 7) is 1.78. The minimum atomic E-state index is -0.557. The average molecular weight is 330 g/mol. The Kier molecular flexibility index (Phi) is 5.65. The average Bonchev–Trinajstić information content (AvgIpc) is 2.53. The maximum atomic E-state index is 12.1. The molecule has 120 valence electrons. The molecule has 0 aliphatic heterocycles. The van der Waals surface area contributed by atoms with Crippen LogP contribution in [0.2, 0.25) is 0 Å². The van der Waals surface area contributed by atoms with Gasteiger partial charge in [0, 0.05) is 4.90 Å². The van der Waals surface area contributed by atoms with E-state index in [1.54, 1.807) is 32.2 Å². The Morgan fingerprint density at radius 1 is 1.22 bits per heavy atom. The fraction of sp³-hybridized carbons (Fsp3) is 0.176. The van der Waals surface area contributed by atoms with E-state index in [1.807, 2.05) is 24.3 Å². The van der Waals surface area contributed by atoms with Crippen LogP contribution in [0.5, 0.6) is 5.75 Å². The molecule has 0 atom stereocenters. The summed E-state index contributed by atoms with van der Waals surface area (Å²) in [5.74, 6) is 0.203. The molecule has 0 aliphatic carbocycles. The van der Waals surface area contributed by atoms with Gasteiger partial charge >= 0.3 is 0 Å². The summed E-state index contributed by atoms with van der Waals surface area (Å²) in [6.07, 6.45) is 0. The minimum absolute atomic E-state index is 0.203. The van der Waals surface area contributed by atoms with Crippen LogP contribution in [0.1, 0.15) is 15.9 Å².